The molecule has 0 fully saturated rings. The first-order chi connectivity index (χ1) is 6.98. The molecule has 0 heterocycles. The van der Waals surface area contributed by atoms with Crippen LogP contribution >= 0.6 is 0 Å². The zero-order valence-corrected chi connectivity index (χ0v) is 10.6. The molecule has 0 aromatic rings. The minimum absolute atomic E-state index is 0.0194. The fraction of sp³-hybridized carbons (Fsp3) is 0.917. The van der Waals surface area contributed by atoms with E-state index in [9.17, 15) is 4.79 Å². The number of rotatable bonds is 8. The maximum atomic E-state index is 10.9. The van der Waals surface area contributed by atoms with E-state index in [1.807, 2.05) is 13.8 Å². The molecule has 0 rings (SSSR count). The van der Waals surface area contributed by atoms with Crippen LogP contribution in [0.25, 0.3) is 0 Å². The van der Waals surface area contributed by atoms with Gasteiger partial charge in [-0.1, -0.05) is 19.8 Å². The topological polar surface area (TPSA) is 38.3 Å². The lowest BCUT2D eigenvalue weighted by Crippen LogP contribution is -2.43. The second-order valence-corrected chi connectivity index (χ2v) is 4.63. The van der Waals surface area contributed by atoms with Gasteiger partial charge in [-0.3, -0.25) is 4.79 Å². The second kappa shape index (κ2) is 7.69. The van der Waals surface area contributed by atoms with Crippen LogP contribution in [0.2, 0.25) is 0 Å². The van der Waals surface area contributed by atoms with E-state index in [0.717, 1.165) is 26.1 Å². The fourth-order valence-electron chi connectivity index (χ4n) is 1.42. The van der Waals surface area contributed by atoms with Crippen molar-refractivity contribution in [2.24, 2.45) is 0 Å². The number of amides is 1. The Morgan fingerprint density at radius 3 is 2.47 bits per heavy atom. The van der Waals surface area contributed by atoms with Crippen LogP contribution < -0.4 is 5.32 Å². The van der Waals surface area contributed by atoms with Crippen molar-refractivity contribution in [3.63, 3.8) is 0 Å². The van der Waals surface area contributed by atoms with Gasteiger partial charge in [-0.2, -0.15) is 0 Å². The third-order valence-corrected chi connectivity index (χ3v) is 2.28. The molecule has 0 aromatic carbocycles. The van der Waals surface area contributed by atoms with Gasteiger partial charge in [-0.15, -0.1) is 0 Å². The molecule has 3 nitrogen and oxygen atoms in total. The lowest BCUT2D eigenvalue weighted by atomic mass is 10.0. The quantitative estimate of drug-likeness (QED) is 0.632. The molecule has 0 aliphatic heterocycles. The normalized spacial score (nSPS) is 11.5. The molecule has 0 bridgehead atoms. The Balaban J connectivity index is 3.44. The molecule has 0 unspecified atom stereocenters. The Morgan fingerprint density at radius 1 is 1.27 bits per heavy atom. The summed E-state index contributed by atoms with van der Waals surface area (Å²) >= 11 is 0. The number of carbonyl (C=O) groups is 1. The van der Waals surface area contributed by atoms with Gasteiger partial charge < -0.3 is 10.1 Å². The maximum absolute atomic E-state index is 10.9. The molecule has 0 aliphatic carbocycles. The average Bonchev–Trinajstić information content (AvgIpc) is 2.08. The van der Waals surface area contributed by atoms with Crippen LogP contribution in [0.5, 0.6) is 0 Å². The summed E-state index contributed by atoms with van der Waals surface area (Å²) in [5.41, 5.74) is -0.156. The van der Waals surface area contributed by atoms with Gasteiger partial charge in [0.25, 0.3) is 0 Å². The monoisotopic (exact) mass is 215 g/mol. The number of hydrogen-bond donors (Lipinski definition) is 1. The van der Waals surface area contributed by atoms with Crippen LogP contribution in [0.3, 0.4) is 0 Å². The molecule has 0 aliphatic rings. The molecular weight excluding hydrogens is 190 g/mol. The van der Waals surface area contributed by atoms with Crippen LogP contribution in [0.4, 0.5) is 0 Å². The highest BCUT2D eigenvalue weighted by atomic mass is 16.5. The highest BCUT2D eigenvalue weighted by molar-refractivity contribution is 5.73. The molecule has 15 heavy (non-hydrogen) atoms. The Morgan fingerprint density at radius 2 is 1.93 bits per heavy atom. The van der Waals surface area contributed by atoms with Crippen molar-refractivity contribution < 1.29 is 9.53 Å². The number of ether oxygens (including phenoxy) is 1. The van der Waals surface area contributed by atoms with E-state index in [2.05, 4.69) is 12.2 Å². The summed E-state index contributed by atoms with van der Waals surface area (Å²) in [6.45, 7) is 9.32. The zero-order valence-electron chi connectivity index (χ0n) is 10.6. The van der Waals surface area contributed by atoms with Gasteiger partial charge in [-0.25, -0.2) is 0 Å². The molecule has 0 saturated heterocycles. The first-order valence-corrected chi connectivity index (χ1v) is 5.84. The SMILES string of the molecule is CCCCCOCCC(C)(C)NC(C)=O. The molecule has 1 N–H and O–H groups in total. The minimum atomic E-state index is -0.156. The Kier molecular flexibility index (Phi) is 7.39. The summed E-state index contributed by atoms with van der Waals surface area (Å²) in [7, 11) is 0. The predicted octanol–water partition coefficient (Wildman–Crippen LogP) is 2.50. The Hall–Kier alpha value is -0.570. The first kappa shape index (κ1) is 14.4. The summed E-state index contributed by atoms with van der Waals surface area (Å²) in [6.07, 6.45) is 4.45. The van der Waals surface area contributed by atoms with E-state index in [0.29, 0.717) is 0 Å². The van der Waals surface area contributed by atoms with Crippen LogP contribution in [-0.4, -0.2) is 24.7 Å². The summed E-state index contributed by atoms with van der Waals surface area (Å²) < 4.78 is 5.50. The summed E-state index contributed by atoms with van der Waals surface area (Å²) in [4.78, 5) is 10.9. The molecule has 0 atom stereocenters. The van der Waals surface area contributed by atoms with Gasteiger partial charge in [-0.05, 0) is 26.7 Å². The third-order valence-electron chi connectivity index (χ3n) is 2.28. The van der Waals surface area contributed by atoms with Crippen LogP contribution in [0, 0.1) is 0 Å². The first-order valence-electron chi connectivity index (χ1n) is 5.84. The lowest BCUT2D eigenvalue weighted by Gasteiger charge is -2.25. The van der Waals surface area contributed by atoms with Crippen LogP contribution in [-0.2, 0) is 9.53 Å². The summed E-state index contributed by atoms with van der Waals surface area (Å²) in [6, 6.07) is 0. The van der Waals surface area contributed by atoms with Gasteiger partial charge in [0, 0.05) is 25.7 Å². The average molecular weight is 215 g/mol. The van der Waals surface area contributed by atoms with Crippen molar-refractivity contribution in [2.75, 3.05) is 13.2 Å². The van der Waals surface area contributed by atoms with Crippen LogP contribution in [0.15, 0.2) is 0 Å². The Bertz CT molecular complexity index is 178. The molecule has 0 spiro atoms. The van der Waals surface area contributed by atoms with Gasteiger partial charge in [0.05, 0.1) is 0 Å². The molecule has 0 radical (unpaired) electrons. The van der Waals surface area contributed by atoms with Crippen molar-refractivity contribution >= 4 is 5.91 Å². The highest BCUT2D eigenvalue weighted by Crippen LogP contribution is 2.08. The van der Waals surface area contributed by atoms with Gasteiger partial charge >= 0.3 is 0 Å². The maximum Gasteiger partial charge on any atom is 0.217 e. The van der Waals surface area contributed by atoms with E-state index in [-0.39, 0.29) is 11.4 Å². The number of carbonyl (C=O) groups excluding carboxylic acids is 1. The number of hydrogen-bond acceptors (Lipinski definition) is 2. The van der Waals surface area contributed by atoms with Crippen molar-refractivity contribution in [3.8, 4) is 0 Å². The van der Waals surface area contributed by atoms with Crippen molar-refractivity contribution in [2.45, 2.75) is 58.9 Å². The number of nitrogens with one attached hydrogen (secondary N) is 1. The van der Waals surface area contributed by atoms with E-state index < -0.39 is 0 Å². The van der Waals surface area contributed by atoms with E-state index in [1.54, 1.807) is 6.92 Å². The fourth-order valence-corrected chi connectivity index (χ4v) is 1.42. The van der Waals surface area contributed by atoms with Crippen LogP contribution in [0.1, 0.15) is 53.4 Å². The number of unbranched alkanes of at least 4 members (excludes halogenated alkanes) is 2. The second-order valence-electron chi connectivity index (χ2n) is 4.63. The smallest absolute Gasteiger partial charge is 0.217 e. The molecule has 3 heteroatoms. The third kappa shape index (κ3) is 9.73. The minimum Gasteiger partial charge on any atom is -0.381 e. The Labute approximate surface area is 93.6 Å². The van der Waals surface area contributed by atoms with Crippen molar-refractivity contribution in [3.05, 3.63) is 0 Å². The standard InChI is InChI=1S/C12H25NO2/c1-5-6-7-9-15-10-8-12(3,4)13-11(2)14/h5-10H2,1-4H3,(H,13,14). The molecule has 0 aromatic heterocycles. The van der Waals surface area contributed by atoms with E-state index >= 15 is 0 Å². The van der Waals surface area contributed by atoms with E-state index in [4.69, 9.17) is 4.74 Å². The molecule has 0 saturated carbocycles. The molecule has 90 valence electrons. The van der Waals surface area contributed by atoms with Crippen molar-refractivity contribution in [1.82, 2.24) is 5.32 Å². The predicted molar refractivity (Wildman–Crippen MR) is 62.9 cm³/mol. The largest absolute Gasteiger partial charge is 0.381 e. The lowest BCUT2D eigenvalue weighted by molar-refractivity contribution is -0.120. The molecule has 1 amide bonds. The van der Waals surface area contributed by atoms with E-state index in [1.165, 1.54) is 12.8 Å². The van der Waals surface area contributed by atoms with Gasteiger partial charge in [0.15, 0.2) is 0 Å². The summed E-state index contributed by atoms with van der Waals surface area (Å²) in [5, 5.41) is 2.90. The zero-order chi connectivity index (χ0) is 11.7. The van der Waals surface area contributed by atoms with Gasteiger partial charge in [0.1, 0.15) is 0 Å². The summed E-state index contributed by atoms with van der Waals surface area (Å²) in [5.74, 6) is 0.0194. The highest BCUT2D eigenvalue weighted by Gasteiger charge is 2.17. The van der Waals surface area contributed by atoms with Crippen molar-refractivity contribution in [1.29, 1.82) is 0 Å². The molecular formula is C12H25NO2. The van der Waals surface area contributed by atoms with Gasteiger partial charge in [0.2, 0.25) is 5.91 Å².